The van der Waals surface area contributed by atoms with Crippen LogP contribution in [0.1, 0.15) is 26.2 Å². The molecule has 0 saturated heterocycles. The van der Waals surface area contributed by atoms with E-state index in [4.69, 9.17) is 10.8 Å². The molecule has 3 N–H and O–H groups in total. The third-order valence-corrected chi connectivity index (χ3v) is 1.31. The monoisotopic (exact) mass is 161 g/mol. The quantitative estimate of drug-likeness (QED) is 0.621. The number of hydrogen-bond acceptors (Lipinski definition) is 3. The lowest BCUT2D eigenvalue weighted by molar-refractivity contribution is 0.0667. The van der Waals surface area contributed by atoms with Crippen LogP contribution in [0.4, 0.5) is 4.79 Å². The first-order valence-corrected chi connectivity index (χ1v) is 3.77. The van der Waals surface area contributed by atoms with Crippen molar-refractivity contribution in [2.75, 3.05) is 6.61 Å². The predicted octanol–water partition coefficient (Wildman–Crippen LogP) is 0.633. The summed E-state index contributed by atoms with van der Waals surface area (Å²) in [6.45, 7) is 2.04. The van der Waals surface area contributed by atoms with E-state index in [-0.39, 0.29) is 6.61 Å². The summed E-state index contributed by atoms with van der Waals surface area (Å²) in [7, 11) is 0. The van der Waals surface area contributed by atoms with Crippen LogP contribution in [0.25, 0.3) is 0 Å². The van der Waals surface area contributed by atoms with Crippen molar-refractivity contribution in [2.24, 2.45) is 5.73 Å². The molecule has 0 aliphatic rings. The lowest BCUT2D eigenvalue weighted by atomic mass is 10.2. The van der Waals surface area contributed by atoms with Crippen molar-refractivity contribution >= 4 is 6.09 Å². The maximum absolute atomic E-state index is 10.1. The smallest absolute Gasteiger partial charge is 0.404 e. The van der Waals surface area contributed by atoms with Gasteiger partial charge in [0.2, 0.25) is 0 Å². The minimum absolute atomic E-state index is 0.00926. The van der Waals surface area contributed by atoms with Crippen molar-refractivity contribution in [2.45, 2.75) is 32.3 Å². The molecule has 0 bridgehead atoms. The fraction of sp³-hybridized carbons (Fsp3) is 0.857. The Morgan fingerprint density at radius 1 is 1.73 bits per heavy atom. The third kappa shape index (κ3) is 7.12. The van der Waals surface area contributed by atoms with Crippen LogP contribution in [0, 0.1) is 0 Å². The van der Waals surface area contributed by atoms with Crippen LogP contribution in [0.3, 0.4) is 0 Å². The van der Waals surface area contributed by atoms with Crippen molar-refractivity contribution < 1.29 is 14.6 Å². The summed E-state index contributed by atoms with van der Waals surface area (Å²) in [5.41, 5.74) is 4.70. The van der Waals surface area contributed by atoms with Gasteiger partial charge < -0.3 is 15.6 Å². The van der Waals surface area contributed by atoms with Gasteiger partial charge in [-0.25, -0.2) is 4.79 Å². The number of nitrogens with two attached hydrogens (primary N) is 1. The van der Waals surface area contributed by atoms with Gasteiger partial charge in [0.15, 0.2) is 0 Å². The van der Waals surface area contributed by atoms with E-state index in [0.717, 1.165) is 12.8 Å². The highest BCUT2D eigenvalue weighted by atomic mass is 16.6. The molecule has 0 radical (unpaired) electrons. The van der Waals surface area contributed by atoms with E-state index in [1.54, 1.807) is 0 Å². The molecule has 66 valence electrons. The minimum Gasteiger partial charge on any atom is -0.447 e. The highest BCUT2D eigenvalue weighted by Gasteiger charge is 2.04. The standard InChI is InChI=1S/C7H15NO3/c1-2-3-4-6(9)5-11-7(8)10/h6,9H,2-5H2,1H3,(H2,8,10). The van der Waals surface area contributed by atoms with Crippen LogP contribution >= 0.6 is 0 Å². The number of primary amides is 1. The van der Waals surface area contributed by atoms with Crippen molar-refractivity contribution in [3.8, 4) is 0 Å². The Bertz CT molecular complexity index is 116. The van der Waals surface area contributed by atoms with Gasteiger partial charge in [-0.3, -0.25) is 0 Å². The number of aliphatic hydroxyl groups is 1. The fourth-order valence-electron chi connectivity index (χ4n) is 0.701. The van der Waals surface area contributed by atoms with Gasteiger partial charge >= 0.3 is 6.09 Å². The molecule has 0 aliphatic carbocycles. The largest absolute Gasteiger partial charge is 0.447 e. The molecule has 1 amide bonds. The number of hydrogen-bond donors (Lipinski definition) is 2. The molecule has 0 heterocycles. The topological polar surface area (TPSA) is 72.6 Å². The number of amides is 1. The van der Waals surface area contributed by atoms with E-state index in [1.807, 2.05) is 6.92 Å². The highest BCUT2D eigenvalue weighted by molar-refractivity contribution is 5.64. The Morgan fingerprint density at radius 3 is 2.82 bits per heavy atom. The lowest BCUT2D eigenvalue weighted by Gasteiger charge is -2.08. The molecule has 0 rings (SSSR count). The SMILES string of the molecule is CCCCC(O)COC(N)=O. The second kappa shape index (κ2) is 5.97. The van der Waals surface area contributed by atoms with Crippen molar-refractivity contribution in [3.63, 3.8) is 0 Å². The third-order valence-electron chi connectivity index (χ3n) is 1.31. The van der Waals surface area contributed by atoms with E-state index in [1.165, 1.54) is 0 Å². The Labute approximate surface area is 66.3 Å². The molecule has 0 spiro atoms. The molecule has 4 nitrogen and oxygen atoms in total. The maximum atomic E-state index is 10.1. The van der Waals surface area contributed by atoms with Gasteiger partial charge in [-0.2, -0.15) is 0 Å². The number of aliphatic hydroxyl groups excluding tert-OH is 1. The normalized spacial score (nSPS) is 12.5. The zero-order chi connectivity index (χ0) is 8.69. The summed E-state index contributed by atoms with van der Waals surface area (Å²) in [5, 5.41) is 9.10. The molecule has 1 atom stereocenters. The highest BCUT2D eigenvalue weighted by Crippen LogP contribution is 2.00. The second-order valence-electron chi connectivity index (χ2n) is 2.43. The molecule has 0 aromatic heterocycles. The van der Waals surface area contributed by atoms with E-state index < -0.39 is 12.2 Å². The summed E-state index contributed by atoms with van der Waals surface area (Å²) >= 11 is 0. The molecule has 0 aliphatic heterocycles. The van der Waals surface area contributed by atoms with Gasteiger partial charge in [0, 0.05) is 0 Å². The van der Waals surface area contributed by atoms with Gasteiger partial charge in [-0.05, 0) is 6.42 Å². The average molecular weight is 161 g/mol. The van der Waals surface area contributed by atoms with Gasteiger partial charge in [-0.15, -0.1) is 0 Å². The number of unbranched alkanes of at least 4 members (excludes halogenated alkanes) is 1. The first-order chi connectivity index (χ1) is 5.16. The molecule has 0 aromatic rings. The molecule has 0 aromatic carbocycles. The van der Waals surface area contributed by atoms with Crippen molar-refractivity contribution in [1.29, 1.82) is 0 Å². The van der Waals surface area contributed by atoms with Crippen LogP contribution < -0.4 is 5.73 Å². The Kier molecular flexibility index (Phi) is 5.56. The second-order valence-corrected chi connectivity index (χ2v) is 2.43. The van der Waals surface area contributed by atoms with Crippen LogP contribution in [0.15, 0.2) is 0 Å². The molecule has 0 saturated carbocycles. The van der Waals surface area contributed by atoms with Gasteiger partial charge in [0.1, 0.15) is 6.61 Å². The molecular formula is C7H15NO3. The maximum Gasteiger partial charge on any atom is 0.404 e. The predicted molar refractivity (Wildman–Crippen MR) is 41.1 cm³/mol. The van der Waals surface area contributed by atoms with Crippen molar-refractivity contribution in [3.05, 3.63) is 0 Å². The van der Waals surface area contributed by atoms with Crippen LogP contribution in [0.2, 0.25) is 0 Å². The Morgan fingerprint density at radius 2 is 2.36 bits per heavy atom. The number of ether oxygens (including phenoxy) is 1. The van der Waals surface area contributed by atoms with Gasteiger partial charge in [-0.1, -0.05) is 19.8 Å². The number of carbonyl (C=O) groups is 1. The average Bonchev–Trinajstić information content (AvgIpc) is 1.97. The number of rotatable bonds is 5. The van der Waals surface area contributed by atoms with Gasteiger partial charge in [0.25, 0.3) is 0 Å². The zero-order valence-electron chi connectivity index (χ0n) is 6.75. The zero-order valence-corrected chi connectivity index (χ0v) is 6.75. The lowest BCUT2D eigenvalue weighted by Crippen LogP contribution is -2.21. The number of carbonyl (C=O) groups excluding carboxylic acids is 1. The first-order valence-electron chi connectivity index (χ1n) is 3.77. The Balaban J connectivity index is 3.22. The van der Waals surface area contributed by atoms with E-state index in [0.29, 0.717) is 6.42 Å². The van der Waals surface area contributed by atoms with Crippen LogP contribution in [-0.2, 0) is 4.74 Å². The summed E-state index contributed by atoms with van der Waals surface area (Å²) in [6.07, 6.45) is 1.21. The summed E-state index contributed by atoms with van der Waals surface area (Å²) in [6, 6.07) is 0. The first kappa shape index (κ1) is 10.2. The molecule has 11 heavy (non-hydrogen) atoms. The van der Waals surface area contributed by atoms with Crippen molar-refractivity contribution in [1.82, 2.24) is 0 Å². The van der Waals surface area contributed by atoms with Crippen LogP contribution in [-0.4, -0.2) is 23.9 Å². The molecule has 1 unspecified atom stereocenters. The van der Waals surface area contributed by atoms with Gasteiger partial charge in [0.05, 0.1) is 6.10 Å². The van der Waals surface area contributed by atoms with E-state index in [2.05, 4.69) is 4.74 Å². The molecule has 0 fully saturated rings. The summed E-state index contributed by atoms with van der Waals surface area (Å²) in [4.78, 5) is 10.1. The fourth-order valence-corrected chi connectivity index (χ4v) is 0.701. The summed E-state index contributed by atoms with van der Waals surface area (Å²) in [5.74, 6) is 0. The van der Waals surface area contributed by atoms with Crippen LogP contribution in [0.5, 0.6) is 0 Å². The molecular weight excluding hydrogens is 146 g/mol. The summed E-state index contributed by atoms with van der Waals surface area (Å²) < 4.78 is 4.39. The molecule has 4 heteroatoms. The van der Waals surface area contributed by atoms with E-state index in [9.17, 15) is 4.79 Å². The van der Waals surface area contributed by atoms with E-state index >= 15 is 0 Å². The minimum atomic E-state index is -0.833. The Hall–Kier alpha value is -0.770.